The number of hydrogen-bond donors (Lipinski definition) is 2. The number of guanidine groups is 1. The predicted molar refractivity (Wildman–Crippen MR) is 101 cm³/mol. The van der Waals surface area contributed by atoms with Crippen LogP contribution in [-0.4, -0.2) is 26.7 Å². The van der Waals surface area contributed by atoms with Gasteiger partial charge in [0.15, 0.2) is 17.5 Å². The third-order valence-corrected chi connectivity index (χ3v) is 3.53. The zero-order valence-electron chi connectivity index (χ0n) is 14.6. The molecule has 0 amide bonds. The molecule has 0 aliphatic heterocycles. The number of nitrogens with zero attached hydrogens (tertiary/aromatic N) is 1. The van der Waals surface area contributed by atoms with Crippen LogP contribution in [0, 0.1) is 12.3 Å². The van der Waals surface area contributed by atoms with Crippen LogP contribution in [-0.2, 0) is 13.1 Å². The van der Waals surface area contributed by atoms with Crippen LogP contribution in [0.15, 0.2) is 53.5 Å². The first-order valence-corrected chi connectivity index (χ1v) is 7.98. The van der Waals surface area contributed by atoms with E-state index < -0.39 is 0 Å². The molecule has 0 fully saturated rings. The molecule has 2 N–H and O–H groups in total. The Balaban J connectivity index is 1.93. The van der Waals surface area contributed by atoms with E-state index in [1.54, 1.807) is 14.2 Å². The molecule has 0 atom stereocenters. The maximum absolute atomic E-state index is 5.52. The van der Waals surface area contributed by atoms with Gasteiger partial charge in [0.1, 0.15) is 6.61 Å². The summed E-state index contributed by atoms with van der Waals surface area (Å²) in [6.07, 6.45) is 5.25. The lowest BCUT2D eigenvalue weighted by molar-refractivity contribution is 0.330. The molecule has 130 valence electrons. The molecule has 2 aromatic carbocycles. The summed E-state index contributed by atoms with van der Waals surface area (Å²) in [7, 11) is 3.35. The summed E-state index contributed by atoms with van der Waals surface area (Å²) in [5, 5.41) is 6.56. The van der Waals surface area contributed by atoms with E-state index in [1.807, 2.05) is 36.4 Å². The Morgan fingerprint density at radius 1 is 1.04 bits per heavy atom. The van der Waals surface area contributed by atoms with E-state index in [1.165, 1.54) is 5.56 Å². The smallest absolute Gasteiger partial charge is 0.191 e. The van der Waals surface area contributed by atoms with Crippen LogP contribution < -0.4 is 20.1 Å². The summed E-state index contributed by atoms with van der Waals surface area (Å²) in [6.45, 7) is 1.51. The average Bonchev–Trinajstić information content (AvgIpc) is 2.67. The van der Waals surface area contributed by atoms with E-state index in [0.29, 0.717) is 24.6 Å². The van der Waals surface area contributed by atoms with Crippen LogP contribution in [0.3, 0.4) is 0 Å². The number of methoxy groups -OCH3 is 1. The molecule has 5 heteroatoms. The molecule has 0 bridgehead atoms. The summed E-state index contributed by atoms with van der Waals surface area (Å²) in [5.41, 5.74) is 2.23. The lowest BCUT2D eigenvalue weighted by Crippen LogP contribution is -2.36. The fraction of sp³-hybridized carbons (Fsp3) is 0.250. The normalized spacial score (nSPS) is 10.7. The molecule has 0 unspecified atom stereocenters. The molecule has 0 heterocycles. The first-order chi connectivity index (χ1) is 12.3. The van der Waals surface area contributed by atoms with Gasteiger partial charge in [0.2, 0.25) is 0 Å². The van der Waals surface area contributed by atoms with Crippen molar-refractivity contribution < 1.29 is 9.47 Å². The molecule has 0 aliphatic rings. The lowest BCUT2D eigenvalue weighted by atomic mass is 10.2. The topological polar surface area (TPSA) is 54.9 Å². The van der Waals surface area contributed by atoms with Crippen molar-refractivity contribution in [2.45, 2.75) is 13.1 Å². The highest BCUT2D eigenvalue weighted by atomic mass is 16.5. The number of aliphatic imine (C=N–C) groups is 1. The predicted octanol–water partition coefficient (Wildman–Crippen LogP) is 2.57. The molecule has 0 saturated heterocycles. The minimum absolute atomic E-state index is 0.202. The van der Waals surface area contributed by atoms with E-state index in [9.17, 15) is 0 Å². The van der Waals surface area contributed by atoms with Crippen LogP contribution in [0.25, 0.3) is 0 Å². The quantitative estimate of drug-likeness (QED) is 0.463. The summed E-state index contributed by atoms with van der Waals surface area (Å²) in [4.78, 5) is 4.24. The average molecular weight is 337 g/mol. The van der Waals surface area contributed by atoms with Crippen molar-refractivity contribution in [2.75, 3.05) is 20.8 Å². The van der Waals surface area contributed by atoms with Gasteiger partial charge in [0.05, 0.1) is 7.11 Å². The van der Waals surface area contributed by atoms with E-state index >= 15 is 0 Å². The van der Waals surface area contributed by atoms with Gasteiger partial charge in [-0.05, 0) is 23.3 Å². The van der Waals surface area contributed by atoms with Gasteiger partial charge in [-0.25, -0.2) is 0 Å². The SMILES string of the molecule is C#CCOc1cc(CNC(=NC)NCc2ccccc2)ccc1OC. The molecule has 0 saturated carbocycles. The second-order valence-electron chi connectivity index (χ2n) is 5.24. The number of nitrogens with one attached hydrogen (secondary N) is 2. The van der Waals surface area contributed by atoms with E-state index in [2.05, 4.69) is 33.7 Å². The van der Waals surface area contributed by atoms with Crippen LogP contribution in [0.5, 0.6) is 11.5 Å². The highest BCUT2D eigenvalue weighted by molar-refractivity contribution is 5.79. The van der Waals surface area contributed by atoms with Crippen molar-refractivity contribution in [1.29, 1.82) is 0 Å². The van der Waals surface area contributed by atoms with E-state index in [0.717, 1.165) is 11.5 Å². The fourth-order valence-electron chi connectivity index (χ4n) is 2.25. The zero-order chi connectivity index (χ0) is 17.9. The third kappa shape index (κ3) is 5.78. The van der Waals surface area contributed by atoms with Gasteiger partial charge in [-0.2, -0.15) is 0 Å². The molecule has 0 aliphatic carbocycles. The van der Waals surface area contributed by atoms with Crippen molar-refractivity contribution in [2.24, 2.45) is 4.99 Å². The summed E-state index contributed by atoms with van der Waals surface area (Å²) in [5.74, 6) is 4.47. The number of hydrogen-bond acceptors (Lipinski definition) is 3. The third-order valence-electron chi connectivity index (χ3n) is 3.53. The van der Waals surface area contributed by atoms with Crippen LogP contribution >= 0.6 is 0 Å². The maximum Gasteiger partial charge on any atom is 0.191 e. The minimum atomic E-state index is 0.202. The highest BCUT2D eigenvalue weighted by Crippen LogP contribution is 2.27. The van der Waals surface area contributed by atoms with Crippen molar-refractivity contribution in [3.8, 4) is 23.8 Å². The van der Waals surface area contributed by atoms with Crippen LogP contribution in [0.4, 0.5) is 0 Å². The standard InChI is InChI=1S/C20H23N3O2/c1-4-12-25-19-13-17(10-11-18(19)24-3)15-23-20(21-2)22-14-16-8-6-5-7-9-16/h1,5-11,13H,12,14-15H2,2-3H3,(H2,21,22,23). The zero-order valence-corrected chi connectivity index (χ0v) is 14.6. The number of benzene rings is 2. The molecule has 25 heavy (non-hydrogen) atoms. The molecular formula is C20H23N3O2. The lowest BCUT2D eigenvalue weighted by Gasteiger charge is -2.14. The highest BCUT2D eigenvalue weighted by Gasteiger charge is 2.06. The summed E-state index contributed by atoms with van der Waals surface area (Å²) < 4.78 is 10.8. The van der Waals surface area contributed by atoms with Crippen molar-refractivity contribution in [1.82, 2.24) is 10.6 Å². The number of terminal acetylenes is 1. The Morgan fingerprint density at radius 3 is 2.40 bits per heavy atom. The molecule has 2 aromatic rings. The maximum atomic E-state index is 5.52. The first-order valence-electron chi connectivity index (χ1n) is 7.98. The molecule has 0 aromatic heterocycles. The van der Waals surface area contributed by atoms with Crippen molar-refractivity contribution in [3.63, 3.8) is 0 Å². The van der Waals surface area contributed by atoms with Gasteiger partial charge in [-0.15, -0.1) is 6.42 Å². The summed E-state index contributed by atoms with van der Waals surface area (Å²) >= 11 is 0. The molecule has 0 radical (unpaired) electrons. The number of ether oxygens (including phenoxy) is 2. The second kappa shape index (κ2) is 9.89. The number of rotatable bonds is 7. The van der Waals surface area contributed by atoms with E-state index in [-0.39, 0.29) is 6.61 Å². The molecule has 5 nitrogen and oxygen atoms in total. The van der Waals surface area contributed by atoms with Gasteiger partial charge in [0, 0.05) is 20.1 Å². The largest absolute Gasteiger partial charge is 0.493 e. The molecule has 2 rings (SSSR count). The van der Waals surface area contributed by atoms with Gasteiger partial charge < -0.3 is 20.1 Å². The monoisotopic (exact) mass is 337 g/mol. The Labute approximate surface area is 149 Å². The van der Waals surface area contributed by atoms with Gasteiger partial charge in [-0.1, -0.05) is 42.3 Å². The Morgan fingerprint density at radius 2 is 1.76 bits per heavy atom. The van der Waals surface area contributed by atoms with Gasteiger partial charge in [-0.3, -0.25) is 4.99 Å². The van der Waals surface area contributed by atoms with Crippen molar-refractivity contribution >= 4 is 5.96 Å². The summed E-state index contributed by atoms with van der Waals surface area (Å²) in [6, 6.07) is 15.9. The Bertz CT molecular complexity index is 736. The van der Waals surface area contributed by atoms with Crippen LogP contribution in [0.2, 0.25) is 0 Å². The van der Waals surface area contributed by atoms with Crippen molar-refractivity contribution in [3.05, 3.63) is 59.7 Å². The Hall–Kier alpha value is -3.13. The van der Waals surface area contributed by atoms with Gasteiger partial charge in [0.25, 0.3) is 0 Å². The van der Waals surface area contributed by atoms with Crippen LogP contribution in [0.1, 0.15) is 11.1 Å². The van der Waals surface area contributed by atoms with Gasteiger partial charge >= 0.3 is 0 Å². The fourth-order valence-corrected chi connectivity index (χ4v) is 2.25. The second-order valence-corrected chi connectivity index (χ2v) is 5.24. The minimum Gasteiger partial charge on any atom is -0.493 e. The molecule has 0 spiro atoms. The van der Waals surface area contributed by atoms with E-state index in [4.69, 9.17) is 15.9 Å². The first kappa shape index (κ1) is 18.2. The molecular weight excluding hydrogens is 314 g/mol. The Kier molecular flexibility index (Phi) is 7.20.